The minimum Gasteiger partial charge on any atom is -0.325 e. The van der Waals surface area contributed by atoms with Crippen LogP contribution in [0.1, 0.15) is 32.3 Å². The Kier molecular flexibility index (Phi) is 7.91. The molecule has 1 aromatic carbocycles. The first kappa shape index (κ1) is 18.3. The Morgan fingerprint density at radius 2 is 1.83 bits per heavy atom. The van der Waals surface area contributed by atoms with Crippen molar-refractivity contribution < 1.29 is 4.79 Å². The van der Waals surface area contributed by atoms with E-state index in [4.69, 9.17) is 0 Å². The summed E-state index contributed by atoms with van der Waals surface area (Å²) in [7, 11) is 0. The summed E-state index contributed by atoms with van der Waals surface area (Å²) in [5.74, 6) is 1.41. The zero-order valence-electron chi connectivity index (χ0n) is 13.4. The van der Waals surface area contributed by atoms with Crippen LogP contribution in [0.3, 0.4) is 0 Å². The standard InChI is InChI=1S/C16H21N3OS3/c1-3-5-10-21-15-18-19-16(23-15)22-11-14(20)17-13-8-6-12(4-2)7-9-13/h6-9H,3-5,10-11H2,1-2H3,(H,17,20). The van der Waals surface area contributed by atoms with Crippen molar-refractivity contribution in [1.29, 1.82) is 0 Å². The molecule has 0 aliphatic carbocycles. The normalized spacial score (nSPS) is 10.7. The molecule has 2 aromatic rings. The quantitative estimate of drug-likeness (QED) is 0.513. The molecular formula is C16H21N3OS3. The minimum absolute atomic E-state index is 0.0189. The first-order chi connectivity index (χ1) is 11.2. The monoisotopic (exact) mass is 367 g/mol. The molecule has 0 saturated heterocycles. The maximum Gasteiger partial charge on any atom is 0.234 e. The molecule has 0 unspecified atom stereocenters. The van der Waals surface area contributed by atoms with E-state index in [1.54, 1.807) is 23.1 Å². The molecular weight excluding hydrogens is 346 g/mol. The van der Waals surface area contributed by atoms with Crippen LogP contribution >= 0.6 is 34.9 Å². The fourth-order valence-corrected chi connectivity index (χ4v) is 4.74. The maximum absolute atomic E-state index is 12.0. The average Bonchev–Trinajstić information content (AvgIpc) is 3.02. The van der Waals surface area contributed by atoms with Gasteiger partial charge in [-0.05, 0) is 30.5 Å². The van der Waals surface area contributed by atoms with Gasteiger partial charge in [-0.1, -0.05) is 67.3 Å². The molecule has 124 valence electrons. The smallest absolute Gasteiger partial charge is 0.234 e. The Morgan fingerprint density at radius 3 is 2.48 bits per heavy atom. The number of carbonyl (C=O) groups is 1. The predicted molar refractivity (Wildman–Crippen MR) is 101 cm³/mol. The van der Waals surface area contributed by atoms with E-state index in [1.807, 2.05) is 24.3 Å². The summed E-state index contributed by atoms with van der Waals surface area (Å²) in [5.41, 5.74) is 2.10. The number of anilines is 1. The lowest BCUT2D eigenvalue weighted by Gasteiger charge is -2.04. The molecule has 0 bridgehead atoms. The topological polar surface area (TPSA) is 54.9 Å². The third-order valence-corrected chi connectivity index (χ3v) is 6.36. The Labute approximate surface area is 149 Å². The van der Waals surface area contributed by atoms with Crippen molar-refractivity contribution >= 4 is 46.5 Å². The van der Waals surface area contributed by atoms with Gasteiger partial charge in [0.25, 0.3) is 0 Å². The zero-order chi connectivity index (χ0) is 16.5. The van der Waals surface area contributed by atoms with E-state index in [2.05, 4.69) is 29.4 Å². The van der Waals surface area contributed by atoms with Crippen LogP contribution in [-0.2, 0) is 11.2 Å². The molecule has 23 heavy (non-hydrogen) atoms. The predicted octanol–water partition coefficient (Wildman–Crippen LogP) is 4.72. The molecule has 1 N–H and O–H groups in total. The Balaban J connectivity index is 1.75. The van der Waals surface area contributed by atoms with Crippen molar-refractivity contribution in [2.75, 3.05) is 16.8 Å². The summed E-state index contributed by atoms with van der Waals surface area (Å²) < 4.78 is 1.83. The molecule has 0 spiro atoms. The molecule has 1 aromatic heterocycles. The van der Waals surface area contributed by atoms with Gasteiger partial charge in [0.2, 0.25) is 5.91 Å². The molecule has 0 atom stereocenters. The molecule has 2 rings (SSSR count). The van der Waals surface area contributed by atoms with E-state index in [0.717, 1.165) is 26.5 Å². The zero-order valence-corrected chi connectivity index (χ0v) is 15.8. The number of amides is 1. The number of unbranched alkanes of at least 4 members (excludes halogenated alkanes) is 1. The Morgan fingerprint density at radius 1 is 1.13 bits per heavy atom. The van der Waals surface area contributed by atoms with Crippen LogP contribution in [-0.4, -0.2) is 27.6 Å². The lowest BCUT2D eigenvalue weighted by Crippen LogP contribution is -2.13. The summed E-state index contributed by atoms with van der Waals surface area (Å²) in [6.45, 7) is 4.29. The summed E-state index contributed by atoms with van der Waals surface area (Å²) in [6.07, 6.45) is 3.37. The molecule has 0 fully saturated rings. The second-order valence-electron chi connectivity index (χ2n) is 4.92. The van der Waals surface area contributed by atoms with Crippen LogP contribution in [0.4, 0.5) is 5.69 Å². The van der Waals surface area contributed by atoms with E-state index in [0.29, 0.717) is 5.75 Å². The van der Waals surface area contributed by atoms with Gasteiger partial charge in [-0.25, -0.2) is 0 Å². The third-order valence-electron chi connectivity index (χ3n) is 3.08. The summed E-state index contributed by atoms with van der Waals surface area (Å²) in [4.78, 5) is 12.0. The molecule has 7 heteroatoms. The number of aryl methyl sites for hydroxylation is 1. The van der Waals surface area contributed by atoms with Gasteiger partial charge < -0.3 is 5.32 Å². The summed E-state index contributed by atoms with van der Waals surface area (Å²) in [5, 5.41) is 11.2. The maximum atomic E-state index is 12.0. The second-order valence-corrected chi connectivity index (χ2v) is 8.47. The Hall–Kier alpha value is -1.05. The molecule has 0 radical (unpaired) electrons. The number of aromatic nitrogens is 2. The number of nitrogens with zero attached hydrogens (tertiary/aromatic N) is 2. The molecule has 0 aliphatic heterocycles. The van der Waals surface area contributed by atoms with Gasteiger partial charge in [-0.3, -0.25) is 4.79 Å². The molecule has 4 nitrogen and oxygen atoms in total. The molecule has 0 saturated carbocycles. The van der Waals surface area contributed by atoms with E-state index in [9.17, 15) is 4.79 Å². The van der Waals surface area contributed by atoms with Crippen molar-refractivity contribution in [2.45, 2.75) is 41.8 Å². The number of rotatable bonds is 9. The highest BCUT2D eigenvalue weighted by Gasteiger charge is 2.09. The first-order valence-corrected chi connectivity index (χ1v) is 10.5. The summed E-state index contributed by atoms with van der Waals surface area (Å²) >= 11 is 4.73. The van der Waals surface area contributed by atoms with Crippen molar-refractivity contribution in [2.24, 2.45) is 0 Å². The van der Waals surface area contributed by atoms with Crippen molar-refractivity contribution in [3.8, 4) is 0 Å². The van der Waals surface area contributed by atoms with Crippen LogP contribution in [0.2, 0.25) is 0 Å². The van der Waals surface area contributed by atoms with E-state index in [-0.39, 0.29) is 5.91 Å². The number of hydrogen-bond acceptors (Lipinski definition) is 6. The largest absolute Gasteiger partial charge is 0.325 e. The highest BCUT2D eigenvalue weighted by atomic mass is 32.2. The van der Waals surface area contributed by atoms with Crippen LogP contribution in [0.25, 0.3) is 0 Å². The average molecular weight is 368 g/mol. The van der Waals surface area contributed by atoms with Gasteiger partial charge >= 0.3 is 0 Å². The van der Waals surface area contributed by atoms with Crippen LogP contribution in [0, 0.1) is 0 Å². The highest BCUT2D eigenvalue weighted by Crippen LogP contribution is 2.29. The Bertz CT molecular complexity index is 613. The summed E-state index contributed by atoms with van der Waals surface area (Å²) in [6, 6.07) is 7.95. The lowest BCUT2D eigenvalue weighted by molar-refractivity contribution is -0.113. The molecule has 1 amide bonds. The van der Waals surface area contributed by atoms with E-state index >= 15 is 0 Å². The van der Waals surface area contributed by atoms with E-state index < -0.39 is 0 Å². The van der Waals surface area contributed by atoms with Gasteiger partial charge in [0.05, 0.1) is 5.75 Å². The van der Waals surface area contributed by atoms with Gasteiger partial charge in [0.15, 0.2) is 8.68 Å². The van der Waals surface area contributed by atoms with Crippen molar-refractivity contribution in [3.05, 3.63) is 29.8 Å². The van der Waals surface area contributed by atoms with Crippen molar-refractivity contribution in [1.82, 2.24) is 10.2 Å². The van der Waals surface area contributed by atoms with Gasteiger partial charge in [-0.15, -0.1) is 10.2 Å². The molecule has 1 heterocycles. The molecule has 0 aliphatic rings. The fraction of sp³-hybridized carbons (Fsp3) is 0.438. The van der Waals surface area contributed by atoms with Crippen molar-refractivity contribution in [3.63, 3.8) is 0 Å². The number of benzene rings is 1. The second kappa shape index (κ2) is 9.95. The number of thioether (sulfide) groups is 2. The van der Waals surface area contributed by atoms with Gasteiger partial charge in [-0.2, -0.15) is 0 Å². The van der Waals surface area contributed by atoms with Crippen LogP contribution < -0.4 is 5.32 Å². The van der Waals surface area contributed by atoms with E-state index in [1.165, 1.54) is 30.2 Å². The minimum atomic E-state index is -0.0189. The van der Waals surface area contributed by atoms with Gasteiger partial charge in [0.1, 0.15) is 0 Å². The SMILES string of the molecule is CCCCSc1nnc(SCC(=O)Nc2ccc(CC)cc2)s1. The highest BCUT2D eigenvalue weighted by molar-refractivity contribution is 8.03. The number of nitrogens with one attached hydrogen (secondary N) is 1. The first-order valence-electron chi connectivity index (χ1n) is 7.69. The van der Waals surface area contributed by atoms with Crippen LogP contribution in [0.5, 0.6) is 0 Å². The van der Waals surface area contributed by atoms with Crippen LogP contribution in [0.15, 0.2) is 32.9 Å². The lowest BCUT2D eigenvalue weighted by atomic mass is 10.1. The third kappa shape index (κ3) is 6.53. The number of hydrogen-bond donors (Lipinski definition) is 1. The van der Waals surface area contributed by atoms with Gasteiger partial charge in [0, 0.05) is 11.4 Å². The number of carbonyl (C=O) groups excluding carboxylic acids is 1. The fourth-order valence-electron chi connectivity index (χ4n) is 1.77.